The largest absolute Gasteiger partial charge is 0.143 e. The number of benzene rings is 1. The van der Waals surface area contributed by atoms with E-state index in [0.29, 0.717) is 0 Å². The topological polar surface area (TPSA) is 0 Å². The summed E-state index contributed by atoms with van der Waals surface area (Å²) in [5.74, 6) is 0. The molecule has 2 heteroatoms. The normalized spacial score (nSPS) is 10.2. The minimum absolute atomic E-state index is 0.839. The van der Waals surface area contributed by atoms with Gasteiger partial charge in [-0.05, 0) is 12.1 Å². The molecule has 0 nitrogen and oxygen atoms in total. The molecule has 0 aromatic heterocycles. The van der Waals surface area contributed by atoms with E-state index in [-0.39, 0.29) is 0 Å². The molecular formula is C18H33SSn. The van der Waals surface area contributed by atoms with E-state index in [0.717, 1.165) is 4.90 Å². The summed E-state index contributed by atoms with van der Waals surface area (Å²) in [6.45, 7) is 7.00. The van der Waals surface area contributed by atoms with Gasteiger partial charge in [-0.1, -0.05) is 18.2 Å². The van der Waals surface area contributed by atoms with Crippen molar-refractivity contribution in [3.05, 3.63) is 30.3 Å². The van der Waals surface area contributed by atoms with E-state index in [2.05, 4.69) is 33.4 Å². The first-order valence-corrected chi connectivity index (χ1v) is 14.8. The fraction of sp³-hybridized carbons (Fsp3) is 0.667. The summed E-state index contributed by atoms with van der Waals surface area (Å²) < 4.78 is 5.04. The average molecular weight is 400 g/mol. The Bertz CT molecular complexity index is 268. The van der Waals surface area contributed by atoms with Crippen LogP contribution < -0.4 is 0 Å². The van der Waals surface area contributed by atoms with Gasteiger partial charge in [0.1, 0.15) is 0 Å². The third-order valence-corrected chi connectivity index (χ3v) is 12.8. The van der Waals surface area contributed by atoms with Crippen molar-refractivity contribution in [2.75, 3.05) is 0 Å². The van der Waals surface area contributed by atoms with Crippen molar-refractivity contribution in [2.24, 2.45) is 0 Å². The molecule has 0 spiro atoms. The summed E-state index contributed by atoms with van der Waals surface area (Å²) in [6, 6.07) is 9.79. The van der Waals surface area contributed by atoms with Gasteiger partial charge >= 0.3 is 92.4 Å². The Morgan fingerprint density at radius 3 is 1.40 bits per heavy atom. The van der Waals surface area contributed by atoms with Crippen molar-refractivity contribution in [3.8, 4) is 0 Å². The summed E-state index contributed by atoms with van der Waals surface area (Å²) in [5.41, 5.74) is 0. The van der Waals surface area contributed by atoms with Gasteiger partial charge in [0.05, 0.1) is 0 Å². The third kappa shape index (κ3) is 13.4. The molecule has 0 bridgehead atoms. The summed E-state index contributed by atoms with van der Waals surface area (Å²) in [4.78, 5) is 1.02. The number of hydrogen-bond acceptors (Lipinski definition) is 1. The Morgan fingerprint density at radius 1 is 0.750 bits per heavy atom. The van der Waals surface area contributed by atoms with Crippen LogP contribution in [0, 0.1) is 0 Å². The molecule has 0 saturated carbocycles. The number of rotatable bonds is 9. The monoisotopic (exact) mass is 401 g/mol. The van der Waals surface area contributed by atoms with Crippen LogP contribution in [0.5, 0.6) is 0 Å². The Hall–Kier alpha value is 0.369. The zero-order chi connectivity index (χ0) is 15.1. The van der Waals surface area contributed by atoms with Gasteiger partial charge in [-0.15, -0.1) is 12.6 Å². The van der Waals surface area contributed by atoms with Gasteiger partial charge in [0.2, 0.25) is 0 Å². The Labute approximate surface area is 139 Å². The van der Waals surface area contributed by atoms with Crippen LogP contribution in [0.4, 0.5) is 0 Å². The van der Waals surface area contributed by atoms with E-state index < -0.39 is 19.8 Å². The quantitative estimate of drug-likeness (QED) is 0.340. The van der Waals surface area contributed by atoms with Crippen LogP contribution in [-0.2, 0) is 0 Å². The van der Waals surface area contributed by atoms with Crippen LogP contribution in [-0.4, -0.2) is 19.8 Å². The van der Waals surface area contributed by atoms with Crippen LogP contribution in [0.1, 0.15) is 59.3 Å². The van der Waals surface area contributed by atoms with Crippen molar-refractivity contribution in [1.29, 1.82) is 0 Å². The average Bonchev–Trinajstić information content (AvgIpc) is 2.48. The van der Waals surface area contributed by atoms with E-state index in [1.54, 1.807) is 13.3 Å². The Kier molecular flexibility index (Phi) is 16.0. The van der Waals surface area contributed by atoms with Gasteiger partial charge in [-0.2, -0.15) is 0 Å². The molecule has 1 rings (SSSR count). The van der Waals surface area contributed by atoms with Crippen molar-refractivity contribution in [1.82, 2.24) is 0 Å². The molecule has 115 valence electrons. The maximum atomic E-state index is 4.08. The van der Waals surface area contributed by atoms with Crippen molar-refractivity contribution >= 4 is 32.4 Å². The maximum absolute atomic E-state index is 4.08. The molecule has 1 aromatic rings. The zero-order valence-electron chi connectivity index (χ0n) is 13.7. The molecule has 0 amide bonds. The smallest absolute Gasteiger partial charge is 0.00399 e. The second-order valence-electron chi connectivity index (χ2n) is 5.40. The number of hydrogen-bond donors (Lipinski definition) is 1. The molecule has 0 atom stereocenters. The number of thiol groups is 1. The first-order chi connectivity index (χ1) is 9.74. The fourth-order valence-electron chi connectivity index (χ4n) is 2.08. The molecule has 0 aliphatic carbocycles. The van der Waals surface area contributed by atoms with Crippen molar-refractivity contribution in [3.63, 3.8) is 0 Å². The second kappa shape index (κ2) is 15.8. The fourth-order valence-corrected chi connectivity index (χ4v) is 11.7. The molecule has 0 heterocycles. The van der Waals surface area contributed by atoms with Crippen LogP contribution in [0.25, 0.3) is 0 Å². The maximum Gasteiger partial charge on any atom is 0.00399 e. The molecule has 0 unspecified atom stereocenters. The molecule has 0 aliphatic rings. The third-order valence-electron chi connectivity index (χ3n) is 3.41. The molecule has 1 radical (unpaired) electrons. The van der Waals surface area contributed by atoms with E-state index in [1.165, 1.54) is 38.5 Å². The SMILES string of the molecule is CCC[CH2][Sn]([CH2]CCC)[CH2]CCC.Sc1ccccc1. The molecule has 20 heavy (non-hydrogen) atoms. The zero-order valence-corrected chi connectivity index (χ0v) is 17.4. The standard InChI is InChI=1S/C6H6S.3C4H9.Sn/c7-6-4-2-1-3-5-6;3*1-3-4-2;/h1-5,7H;3*1,3-4H2,2H3;. The summed E-state index contributed by atoms with van der Waals surface area (Å²) in [6.07, 6.45) is 8.85. The van der Waals surface area contributed by atoms with Crippen LogP contribution >= 0.6 is 12.6 Å². The van der Waals surface area contributed by atoms with E-state index in [1.807, 2.05) is 30.3 Å². The Balaban J connectivity index is 0.000000428. The van der Waals surface area contributed by atoms with E-state index >= 15 is 0 Å². The summed E-state index contributed by atoms with van der Waals surface area (Å²) >= 11 is 3.25. The van der Waals surface area contributed by atoms with Crippen molar-refractivity contribution in [2.45, 2.75) is 77.5 Å². The second-order valence-corrected chi connectivity index (χ2v) is 14.5. The predicted octanol–water partition coefficient (Wildman–Crippen LogP) is 6.86. The first-order valence-electron chi connectivity index (χ1n) is 8.32. The van der Waals surface area contributed by atoms with Gasteiger partial charge < -0.3 is 0 Å². The molecule has 0 N–H and O–H groups in total. The van der Waals surface area contributed by atoms with Crippen molar-refractivity contribution < 1.29 is 0 Å². The number of unbranched alkanes of at least 4 members (excludes halogenated alkanes) is 3. The molecule has 1 aromatic carbocycles. The minimum Gasteiger partial charge on any atom is -0.143 e. The predicted molar refractivity (Wildman–Crippen MR) is 98.6 cm³/mol. The minimum atomic E-state index is -0.839. The molecule has 0 fully saturated rings. The van der Waals surface area contributed by atoms with Crippen LogP contribution in [0.3, 0.4) is 0 Å². The molecular weight excluding hydrogens is 367 g/mol. The van der Waals surface area contributed by atoms with Gasteiger partial charge in [0.15, 0.2) is 0 Å². The van der Waals surface area contributed by atoms with Gasteiger partial charge in [0, 0.05) is 4.90 Å². The summed E-state index contributed by atoms with van der Waals surface area (Å²) in [7, 11) is 0. The van der Waals surface area contributed by atoms with Crippen LogP contribution in [0.2, 0.25) is 13.3 Å². The first kappa shape index (κ1) is 20.4. The molecule has 0 saturated heterocycles. The Morgan fingerprint density at radius 2 is 1.15 bits per heavy atom. The van der Waals surface area contributed by atoms with E-state index in [9.17, 15) is 0 Å². The van der Waals surface area contributed by atoms with Gasteiger partial charge in [-0.25, -0.2) is 0 Å². The van der Waals surface area contributed by atoms with Gasteiger partial charge in [-0.3, -0.25) is 0 Å². The van der Waals surface area contributed by atoms with Crippen LogP contribution in [0.15, 0.2) is 35.2 Å². The summed E-state index contributed by atoms with van der Waals surface area (Å²) in [5, 5.41) is 0. The van der Waals surface area contributed by atoms with Gasteiger partial charge in [0.25, 0.3) is 0 Å². The van der Waals surface area contributed by atoms with E-state index in [4.69, 9.17) is 0 Å². The molecule has 0 aliphatic heterocycles.